The van der Waals surface area contributed by atoms with Crippen molar-refractivity contribution in [1.29, 1.82) is 0 Å². The van der Waals surface area contributed by atoms with E-state index in [0.717, 1.165) is 25.2 Å². The summed E-state index contributed by atoms with van der Waals surface area (Å²) in [6.45, 7) is 7.71. The van der Waals surface area contributed by atoms with Gasteiger partial charge in [-0.05, 0) is 49.0 Å². The van der Waals surface area contributed by atoms with Crippen LogP contribution < -0.4 is 4.74 Å². The van der Waals surface area contributed by atoms with Crippen molar-refractivity contribution < 1.29 is 9.84 Å². The normalized spacial score (nSPS) is 19.4. The van der Waals surface area contributed by atoms with Gasteiger partial charge in [-0.2, -0.15) is 0 Å². The molecule has 1 aromatic rings. The lowest BCUT2D eigenvalue weighted by atomic mass is 9.82. The predicted molar refractivity (Wildman–Crippen MR) is 78.0 cm³/mol. The summed E-state index contributed by atoms with van der Waals surface area (Å²) < 4.78 is 5.14. The van der Waals surface area contributed by atoms with Gasteiger partial charge in [-0.15, -0.1) is 0 Å². The summed E-state index contributed by atoms with van der Waals surface area (Å²) in [7, 11) is 1.54. The van der Waals surface area contributed by atoms with Crippen molar-refractivity contribution in [2.45, 2.75) is 33.2 Å². The molecule has 0 spiro atoms. The van der Waals surface area contributed by atoms with Crippen molar-refractivity contribution >= 4 is 11.6 Å². The number of ether oxygens (including phenoxy) is 1. The maximum atomic E-state index is 9.73. The van der Waals surface area contributed by atoms with E-state index in [2.05, 4.69) is 18.7 Å². The minimum Gasteiger partial charge on any atom is -0.503 e. The Bertz CT molecular complexity index is 450. The van der Waals surface area contributed by atoms with Crippen LogP contribution in [0, 0.1) is 5.41 Å². The number of phenols is 1. The lowest BCUT2D eigenvalue weighted by molar-refractivity contribution is 0.127. The third-order valence-corrected chi connectivity index (χ3v) is 4.21. The summed E-state index contributed by atoms with van der Waals surface area (Å²) in [5.74, 6) is 0.465. The third kappa shape index (κ3) is 3.54. The van der Waals surface area contributed by atoms with Crippen molar-refractivity contribution in [3.05, 3.63) is 22.7 Å². The fraction of sp³-hybridized carbons (Fsp3) is 0.600. The summed E-state index contributed by atoms with van der Waals surface area (Å²) in [4.78, 5) is 2.42. The molecule has 0 bridgehead atoms. The number of halogens is 1. The Morgan fingerprint density at radius 3 is 2.53 bits per heavy atom. The molecule has 1 N–H and O–H groups in total. The number of nitrogens with zero attached hydrogens (tertiary/aromatic N) is 1. The van der Waals surface area contributed by atoms with Crippen molar-refractivity contribution in [2.75, 3.05) is 20.2 Å². The molecule has 0 aliphatic carbocycles. The minimum absolute atomic E-state index is 0.0210. The van der Waals surface area contributed by atoms with E-state index in [0.29, 0.717) is 16.2 Å². The zero-order valence-corrected chi connectivity index (χ0v) is 12.6. The van der Waals surface area contributed by atoms with Gasteiger partial charge in [0.25, 0.3) is 0 Å². The van der Waals surface area contributed by atoms with E-state index in [-0.39, 0.29) is 5.75 Å². The van der Waals surface area contributed by atoms with E-state index in [9.17, 15) is 5.11 Å². The number of hydrogen-bond donors (Lipinski definition) is 1. The molecule has 0 saturated carbocycles. The number of methoxy groups -OCH3 is 1. The van der Waals surface area contributed by atoms with Crippen LogP contribution in [0.5, 0.6) is 11.5 Å². The maximum absolute atomic E-state index is 9.73. The first-order valence-corrected chi connectivity index (χ1v) is 7.07. The Kier molecular flexibility index (Phi) is 4.26. The van der Waals surface area contributed by atoms with Crippen LogP contribution in [0.3, 0.4) is 0 Å². The van der Waals surface area contributed by atoms with E-state index >= 15 is 0 Å². The molecular formula is C15H22ClNO2. The molecule has 1 aliphatic heterocycles. The van der Waals surface area contributed by atoms with Gasteiger partial charge < -0.3 is 9.84 Å². The van der Waals surface area contributed by atoms with Gasteiger partial charge in [-0.1, -0.05) is 25.4 Å². The molecule has 1 aromatic carbocycles. The Morgan fingerprint density at radius 1 is 1.32 bits per heavy atom. The SMILES string of the molecule is COc1cc(CN2CCC(C)(C)CC2)cc(Cl)c1O. The molecule has 2 rings (SSSR count). The molecule has 1 heterocycles. The van der Waals surface area contributed by atoms with E-state index in [1.165, 1.54) is 12.8 Å². The molecule has 1 fully saturated rings. The van der Waals surface area contributed by atoms with Crippen LogP contribution in [-0.2, 0) is 6.54 Å². The van der Waals surface area contributed by atoms with Gasteiger partial charge in [0.05, 0.1) is 12.1 Å². The Balaban J connectivity index is 2.06. The largest absolute Gasteiger partial charge is 0.503 e. The molecule has 0 unspecified atom stereocenters. The molecule has 0 amide bonds. The lowest BCUT2D eigenvalue weighted by Crippen LogP contribution is -2.36. The molecule has 3 nitrogen and oxygen atoms in total. The van der Waals surface area contributed by atoms with Crippen LogP contribution in [-0.4, -0.2) is 30.2 Å². The Labute approximate surface area is 120 Å². The fourth-order valence-electron chi connectivity index (χ4n) is 2.45. The summed E-state index contributed by atoms with van der Waals surface area (Å²) in [5, 5.41) is 10.1. The van der Waals surface area contributed by atoms with Crippen molar-refractivity contribution in [3.63, 3.8) is 0 Å². The minimum atomic E-state index is 0.0210. The molecule has 4 heteroatoms. The van der Waals surface area contributed by atoms with Crippen LogP contribution >= 0.6 is 11.6 Å². The molecule has 0 aromatic heterocycles. The maximum Gasteiger partial charge on any atom is 0.176 e. The van der Waals surface area contributed by atoms with Crippen molar-refractivity contribution in [3.8, 4) is 11.5 Å². The monoisotopic (exact) mass is 283 g/mol. The summed E-state index contributed by atoms with van der Waals surface area (Å²) >= 11 is 6.01. The highest BCUT2D eigenvalue weighted by Gasteiger charge is 2.25. The average Bonchev–Trinajstić information content (AvgIpc) is 2.36. The molecule has 19 heavy (non-hydrogen) atoms. The van der Waals surface area contributed by atoms with Crippen LogP contribution in [0.4, 0.5) is 0 Å². The zero-order chi connectivity index (χ0) is 14.0. The lowest BCUT2D eigenvalue weighted by Gasteiger charge is -2.37. The summed E-state index contributed by atoms with van der Waals surface area (Å²) in [6.07, 6.45) is 2.44. The van der Waals surface area contributed by atoms with Gasteiger partial charge >= 0.3 is 0 Å². The highest BCUT2D eigenvalue weighted by molar-refractivity contribution is 6.32. The molecule has 106 valence electrons. The highest BCUT2D eigenvalue weighted by atomic mass is 35.5. The average molecular weight is 284 g/mol. The van der Waals surface area contributed by atoms with Gasteiger partial charge in [-0.25, -0.2) is 0 Å². The third-order valence-electron chi connectivity index (χ3n) is 3.92. The second-order valence-electron chi connectivity index (χ2n) is 6.07. The Morgan fingerprint density at radius 2 is 1.95 bits per heavy atom. The van der Waals surface area contributed by atoms with Crippen LogP contribution in [0.1, 0.15) is 32.3 Å². The van der Waals surface area contributed by atoms with E-state index in [4.69, 9.17) is 16.3 Å². The number of piperidine rings is 1. The topological polar surface area (TPSA) is 32.7 Å². The van der Waals surface area contributed by atoms with Crippen LogP contribution in [0.15, 0.2) is 12.1 Å². The first-order chi connectivity index (χ1) is 8.91. The number of phenolic OH excluding ortho intramolecular Hbond substituents is 1. The smallest absolute Gasteiger partial charge is 0.176 e. The molecule has 1 saturated heterocycles. The van der Waals surface area contributed by atoms with Crippen molar-refractivity contribution in [1.82, 2.24) is 4.90 Å². The molecule has 1 aliphatic rings. The van der Waals surface area contributed by atoms with Gasteiger partial charge in [0.2, 0.25) is 0 Å². The van der Waals surface area contributed by atoms with Gasteiger partial charge in [0.1, 0.15) is 0 Å². The van der Waals surface area contributed by atoms with E-state index in [1.807, 2.05) is 12.1 Å². The number of likely N-dealkylation sites (tertiary alicyclic amines) is 1. The first-order valence-electron chi connectivity index (χ1n) is 6.69. The highest BCUT2D eigenvalue weighted by Crippen LogP contribution is 2.36. The quantitative estimate of drug-likeness (QED) is 0.919. The first kappa shape index (κ1) is 14.5. The number of benzene rings is 1. The molecule has 0 radical (unpaired) electrons. The van der Waals surface area contributed by atoms with E-state index < -0.39 is 0 Å². The van der Waals surface area contributed by atoms with Gasteiger partial charge in [0, 0.05) is 6.54 Å². The van der Waals surface area contributed by atoms with E-state index in [1.54, 1.807) is 7.11 Å². The molecular weight excluding hydrogens is 262 g/mol. The van der Waals surface area contributed by atoms with Gasteiger partial charge in [-0.3, -0.25) is 4.90 Å². The predicted octanol–water partition coefficient (Wildman–Crippen LogP) is 3.68. The van der Waals surface area contributed by atoms with Crippen LogP contribution in [0.25, 0.3) is 0 Å². The number of rotatable bonds is 3. The second kappa shape index (κ2) is 5.59. The standard InChI is InChI=1S/C15H22ClNO2/c1-15(2)4-6-17(7-5-15)10-11-8-12(16)14(18)13(9-11)19-3/h8-9,18H,4-7,10H2,1-3H3. The number of hydrogen-bond acceptors (Lipinski definition) is 3. The summed E-state index contributed by atoms with van der Waals surface area (Å²) in [6, 6.07) is 3.68. The fourth-order valence-corrected chi connectivity index (χ4v) is 2.68. The Hall–Kier alpha value is -0.930. The zero-order valence-electron chi connectivity index (χ0n) is 11.9. The van der Waals surface area contributed by atoms with Crippen molar-refractivity contribution in [2.24, 2.45) is 5.41 Å². The second-order valence-corrected chi connectivity index (χ2v) is 6.48. The van der Waals surface area contributed by atoms with Crippen LogP contribution in [0.2, 0.25) is 5.02 Å². The van der Waals surface area contributed by atoms with Gasteiger partial charge in [0.15, 0.2) is 11.5 Å². The molecule has 0 atom stereocenters. The summed E-state index contributed by atoms with van der Waals surface area (Å²) in [5.41, 5.74) is 1.54. The number of aromatic hydroxyl groups is 1.